The van der Waals surface area contributed by atoms with Crippen LogP contribution < -0.4 is 16.1 Å². The lowest BCUT2D eigenvalue weighted by Gasteiger charge is -2.05. The molecule has 24 heavy (non-hydrogen) atoms. The predicted molar refractivity (Wildman–Crippen MR) is 88.5 cm³/mol. The maximum atomic E-state index is 12.1. The normalized spacial score (nSPS) is 10.6. The molecule has 0 aliphatic heterocycles. The molecule has 122 valence electrons. The quantitative estimate of drug-likeness (QED) is 0.480. The van der Waals surface area contributed by atoms with Crippen molar-refractivity contribution in [3.63, 3.8) is 0 Å². The van der Waals surface area contributed by atoms with Crippen molar-refractivity contribution >= 4 is 29.0 Å². The van der Waals surface area contributed by atoms with E-state index in [0.29, 0.717) is 5.69 Å². The van der Waals surface area contributed by atoms with E-state index in [-0.39, 0.29) is 11.5 Å². The van der Waals surface area contributed by atoms with E-state index in [1.807, 2.05) is 13.0 Å². The van der Waals surface area contributed by atoms with E-state index < -0.39 is 17.5 Å². The molecule has 4 N–H and O–H groups in total. The molecule has 2 rings (SSSR count). The van der Waals surface area contributed by atoms with Crippen LogP contribution in [0.5, 0.6) is 0 Å². The summed E-state index contributed by atoms with van der Waals surface area (Å²) in [5.74, 6) is -0.981. The smallest absolute Gasteiger partial charge is 0.287 e. The second-order valence-corrected chi connectivity index (χ2v) is 4.71. The number of nitriles is 1. The summed E-state index contributed by atoms with van der Waals surface area (Å²) in [5, 5.41) is 17.8. The lowest BCUT2D eigenvalue weighted by atomic mass is 10.2. The number of benzene rings is 1. The molecule has 0 saturated carbocycles. The van der Waals surface area contributed by atoms with Crippen LogP contribution in [0.1, 0.15) is 16.1 Å². The number of amides is 2. The number of carbonyl (C=O) groups is 2. The van der Waals surface area contributed by atoms with Gasteiger partial charge in [-0.3, -0.25) is 15.0 Å². The molecule has 0 aliphatic carbocycles. The zero-order chi connectivity index (χ0) is 17.5. The van der Waals surface area contributed by atoms with Gasteiger partial charge < -0.3 is 15.6 Å². The van der Waals surface area contributed by atoms with E-state index in [9.17, 15) is 9.59 Å². The molecule has 2 amide bonds. The first-order valence-electron chi connectivity index (χ1n) is 6.92. The number of nitrogens with zero attached hydrogens (tertiary/aromatic N) is 3. The van der Waals surface area contributed by atoms with E-state index in [1.165, 1.54) is 13.4 Å². The third-order valence-corrected chi connectivity index (χ3v) is 2.96. The first-order valence-corrected chi connectivity index (χ1v) is 6.92. The summed E-state index contributed by atoms with van der Waals surface area (Å²) in [7, 11) is 1.46. The van der Waals surface area contributed by atoms with Crippen LogP contribution in [-0.4, -0.2) is 34.5 Å². The Hall–Kier alpha value is -3.67. The minimum absolute atomic E-state index is 0.102. The Bertz CT molecular complexity index is 832. The molecule has 0 bridgehead atoms. The average molecular weight is 325 g/mol. The zero-order valence-corrected chi connectivity index (χ0v) is 13.0. The topological polar surface area (TPSA) is 135 Å². The Labute approximate surface area is 137 Å². The van der Waals surface area contributed by atoms with Crippen molar-refractivity contribution in [2.45, 2.75) is 6.92 Å². The minimum Gasteiger partial charge on any atom is -0.354 e. The van der Waals surface area contributed by atoms with Gasteiger partial charge >= 0.3 is 0 Å². The molecule has 0 fully saturated rings. The van der Waals surface area contributed by atoms with Crippen LogP contribution in [0, 0.1) is 18.3 Å². The van der Waals surface area contributed by atoms with E-state index >= 15 is 0 Å². The SMILES string of the molecule is CNC(=O)c1[nH]cnc1N/N=C(/C#N)C(=O)Nc1cccc(C)c1. The number of H-pyrrole nitrogens is 1. The van der Waals surface area contributed by atoms with Crippen molar-refractivity contribution in [2.75, 3.05) is 17.8 Å². The fourth-order valence-corrected chi connectivity index (χ4v) is 1.83. The Morgan fingerprint density at radius 2 is 2.17 bits per heavy atom. The van der Waals surface area contributed by atoms with Crippen LogP contribution in [0.25, 0.3) is 0 Å². The number of aromatic amines is 1. The van der Waals surface area contributed by atoms with Gasteiger partial charge in [-0.05, 0) is 24.6 Å². The van der Waals surface area contributed by atoms with Crippen molar-refractivity contribution in [1.82, 2.24) is 15.3 Å². The van der Waals surface area contributed by atoms with Crippen molar-refractivity contribution in [3.05, 3.63) is 41.9 Å². The monoisotopic (exact) mass is 325 g/mol. The molecule has 2 aromatic rings. The molecule has 0 unspecified atom stereocenters. The minimum atomic E-state index is -0.673. The second-order valence-electron chi connectivity index (χ2n) is 4.71. The lowest BCUT2D eigenvalue weighted by molar-refractivity contribution is -0.110. The van der Waals surface area contributed by atoms with Crippen LogP contribution in [0.2, 0.25) is 0 Å². The summed E-state index contributed by atoms with van der Waals surface area (Å²) in [5.41, 5.74) is 3.69. The number of hydrazone groups is 1. The van der Waals surface area contributed by atoms with Gasteiger partial charge in [-0.2, -0.15) is 10.4 Å². The highest BCUT2D eigenvalue weighted by molar-refractivity contribution is 6.48. The molecule has 0 aliphatic rings. The average Bonchev–Trinajstić information content (AvgIpc) is 3.03. The zero-order valence-electron chi connectivity index (χ0n) is 13.0. The molecule has 1 aromatic carbocycles. The standard InChI is InChI=1S/C15H15N7O2/c1-9-4-3-5-10(6-9)20-14(23)11(7-16)21-22-13-12(15(24)17-2)18-8-19-13/h3-6,8,22H,1-2H3,(H,17,24)(H,18,19)(H,20,23)/b21-11-. The fourth-order valence-electron chi connectivity index (χ4n) is 1.83. The lowest BCUT2D eigenvalue weighted by Crippen LogP contribution is -2.23. The molecule has 9 nitrogen and oxygen atoms in total. The molecule has 0 spiro atoms. The van der Waals surface area contributed by atoms with Gasteiger partial charge in [-0.25, -0.2) is 4.98 Å². The maximum absolute atomic E-state index is 12.1. The highest BCUT2D eigenvalue weighted by atomic mass is 16.2. The summed E-state index contributed by atoms with van der Waals surface area (Å²) in [4.78, 5) is 30.2. The van der Waals surface area contributed by atoms with Crippen LogP contribution in [0.3, 0.4) is 0 Å². The maximum Gasteiger partial charge on any atom is 0.287 e. The van der Waals surface area contributed by atoms with Gasteiger partial charge in [0.1, 0.15) is 11.8 Å². The number of carbonyl (C=O) groups excluding carboxylic acids is 2. The van der Waals surface area contributed by atoms with Gasteiger partial charge in [0.15, 0.2) is 5.82 Å². The van der Waals surface area contributed by atoms with Gasteiger partial charge in [0.2, 0.25) is 5.71 Å². The molecule has 1 aromatic heterocycles. The molecule has 1 heterocycles. The number of aryl methyl sites for hydroxylation is 1. The van der Waals surface area contributed by atoms with Gasteiger partial charge in [0.05, 0.1) is 6.33 Å². The highest BCUT2D eigenvalue weighted by Crippen LogP contribution is 2.11. The molecule has 0 atom stereocenters. The molecule has 0 radical (unpaired) electrons. The number of imidazole rings is 1. The molecular formula is C15H15N7O2. The van der Waals surface area contributed by atoms with Crippen LogP contribution in [-0.2, 0) is 4.79 Å². The van der Waals surface area contributed by atoms with E-state index in [0.717, 1.165) is 5.56 Å². The Kier molecular flexibility index (Phi) is 5.25. The van der Waals surface area contributed by atoms with Crippen LogP contribution in [0.15, 0.2) is 35.7 Å². The van der Waals surface area contributed by atoms with Crippen molar-refractivity contribution in [1.29, 1.82) is 5.26 Å². The van der Waals surface area contributed by atoms with Crippen molar-refractivity contribution < 1.29 is 9.59 Å². The fraction of sp³-hybridized carbons (Fsp3) is 0.133. The van der Waals surface area contributed by atoms with Crippen molar-refractivity contribution in [3.8, 4) is 6.07 Å². The summed E-state index contributed by atoms with van der Waals surface area (Å²) < 4.78 is 0. The second kappa shape index (κ2) is 7.55. The number of hydrogen-bond acceptors (Lipinski definition) is 6. The number of nitrogens with one attached hydrogen (secondary N) is 4. The first-order chi connectivity index (χ1) is 11.5. The predicted octanol–water partition coefficient (Wildman–Crippen LogP) is 1.01. The van der Waals surface area contributed by atoms with Crippen LogP contribution in [0.4, 0.5) is 11.5 Å². The Balaban J connectivity index is 2.12. The highest BCUT2D eigenvalue weighted by Gasteiger charge is 2.15. The largest absolute Gasteiger partial charge is 0.354 e. The van der Waals surface area contributed by atoms with E-state index in [4.69, 9.17) is 5.26 Å². The number of anilines is 2. The first kappa shape index (κ1) is 16.7. The Morgan fingerprint density at radius 3 is 2.83 bits per heavy atom. The number of rotatable bonds is 5. The summed E-state index contributed by atoms with van der Waals surface area (Å²) in [6.45, 7) is 1.88. The number of hydrogen-bond donors (Lipinski definition) is 4. The van der Waals surface area contributed by atoms with E-state index in [1.54, 1.807) is 24.3 Å². The number of aromatic nitrogens is 2. The van der Waals surface area contributed by atoms with Gasteiger partial charge in [0.25, 0.3) is 11.8 Å². The van der Waals surface area contributed by atoms with E-state index in [2.05, 4.69) is 31.1 Å². The third kappa shape index (κ3) is 3.95. The third-order valence-electron chi connectivity index (χ3n) is 2.96. The van der Waals surface area contributed by atoms with Crippen molar-refractivity contribution in [2.24, 2.45) is 5.10 Å². The van der Waals surface area contributed by atoms with Gasteiger partial charge in [0, 0.05) is 12.7 Å². The summed E-state index contributed by atoms with van der Waals surface area (Å²) in [6, 6.07) is 8.83. The van der Waals surface area contributed by atoms with Crippen LogP contribution >= 0.6 is 0 Å². The summed E-state index contributed by atoms with van der Waals surface area (Å²) >= 11 is 0. The molecule has 0 saturated heterocycles. The molecule has 9 heteroatoms. The summed E-state index contributed by atoms with van der Waals surface area (Å²) in [6.07, 6.45) is 1.29. The Morgan fingerprint density at radius 1 is 1.38 bits per heavy atom. The van der Waals surface area contributed by atoms with Gasteiger partial charge in [-0.15, -0.1) is 0 Å². The van der Waals surface area contributed by atoms with Gasteiger partial charge in [-0.1, -0.05) is 12.1 Å². The molecular weight excluding hydrogens is 310 g/mol.